The second-order valence-corrected chi connectivity index (χ2v) is 4.02. The lowest BCUT2D eigenvalue weighted by molar-refractivity contribution is 0.415. The highest BCUT2D eigenvalue weighted by molar-refractivity contribution is 5.82. The third-order valence-electron chi connectivity index (χ3n) is 2.43. The van der Waals surface area contributed by atoms with Crippen LogP contribution in [0.1, 0.15) is 5.56 Å². The SMILES string of the molecule is COc1ccc(C(/C=C/N(C)C)=C(C#N)C#N)cc1. The van der Waals surface area contributed by atoms with Crippen molar-refractivity contribution in [3.05, 3.63) is 47.7 Å². The van der Waals surface area contributed by atoms with Crippen LogP contribution in [-0.4, -0.2) is 26.1 Å². The summed E-state index contributed by atoms with van der Waals surface area (Å²) in [5, 5.41) is 18.0. The first-order valence-corrected chi connectivity index (χ1v) is 5.66. The third kappa shape index (κ3) is 3.90. The van der Waals surface area contributed by atoms with Gasteiger partial charge in [0.2, 0.25) is 0 Å². The van der Waals surface area contributed by atoms with Gasteiger partial charge in [0.1, 0.15) is 23.5 Å². The molecule has 0 amide bonds. The van der Waals surface area contributed by atoms with Crippen LogP contribution in [0.2, 0.25) is 0 Å². The maximum atomic E-state index is 9.02. The molecule has 0 saturated heterocycles. The Labute approximate surface area is 113 Å². The number of nitriles is 2. The van der Waals surface area contributed by atoms with Gasteiger partial charge in [-0.2, -0.15) is 10.5 Å². The van der Waals surface area contributed by atoms with Gasteiger partial charge in [0.25, 0.3) is 0 Å². The summed E-state index contributed by atoms with van der Waals surface area (Å²) in [6.45, 7) is 0. The predicted octanol–water partition coefficient (Wildman–Crippen LogP) is 2.57. The fraction of sp³-hybridized carbons (Fsp3) is 0.200. The van der Waals surface area contributed by atoms with Gasteiger partial charge in [0.05, 0.1) is 7.11 Å². The number of benzene rings is 1. The Bertz CT molecular complexity index is 553. The first kappa shape index (κ1) is 14.3. The van der Waals surface area contributed by atoms with Gasteiger partial charge in [-0.25, -0.2) is 0 Å². The fourth-order valence-electron chi connectivity index (χ4n) is 1.46. The molecule has 0 radical (unpaired) electrons. The van der Waals surface area contributed by atoms with E-state index in [4.69, 9.17) is 15.3 Å². The van der Waals surface area contributed by atoms with E-state index in [2.05, 4.69) is 0 Å². The molecule has 0 N–H and O–H groups in total. The molecule has 19 heavy (non-hydrogen) atoms. The van der Waals surface area contributed by atoms with Crippen molar-refractivity contribution >= 4 is 5.57 Å². The van der Waals surface area contributed by atoms with Gasteiger partial charge in [-0.15, -0.1) is 0 Å². The van der Waals surface area contributed by atoms with Gasteiger partial charge in [-0.1, -0.05) is 12.1 Å². The molecule has 0 aliphatic carbocycles. The molecule has 0 fully saturated rings. The van der Waals surface area contributed by atoms with Crippen LogP contribution in [0.5, 0.6) is 5.75 Å². The summed E-state index contributed by atoms with van der Waals surface area (Å²) in [5.41, 5.74) is 1.49. The summed E-state index contributed by atoms with van der Waals surface area (Å²) in [6.07, 6.45) is 3.55. The largest absolute Gasteiger partial charge is 0.497 e. The Kier molecular flexibility index (Phi) is 5.19. The normalized spacial score (nSPS) is 9.53. The number of rotatable bonds is 4. The number of ether oxygens (including phenoxy) is 1. The lowest BCUT2D eigenvalue weighted by atomic mass is 10.0. The van der Waals surface area contributed by atoms with Crippen molar-refractivity contribution in [1.82, 2.24) is 4.90 Å². The second-order valence-electron chi connectivity index (χ2n) is 4.02. The average Bonchev–Trinajstić information content (AvgIpc) is 2.43. The van der Waals surface area contributed by atoms with E-state index in [1.54, 1.807) is 31.5 Å². The predicted molar refractivity (Wildman–Crippen MR) is 74.0 cm³/mol. The topological polar surface area (TPSA) is 60.0 Å². The number of hydrogen-bond donors (Lipinski definition) is 0. The van der Waals surface area contributed by atoms with E-state index in [9.17, 15) is 0 Å². The smallest absolute Gasteiger partial charge is 0.137 e. The summed E-state index contributed by atoms with van der Waals surface area (Å²) in [4.78, 5) is 1.84. The zero-order valence-corrected chi connectivity index (χ0v) is 11.2. The van der Waals surface area contributed by atoms with E-state index in [1.807, 2.05) is 43.3 Å². The van der Waals surface area contributed by atoms with E-state index in [1.165, 1.54) is 0 Å². The van der Waals surface area contributed by atoms with Gasteiger partial charge in [-0.3, -0.25) is 0 Å². The minimum atomic E-state index is 0.0864. The molecule has 0 spiro atoms. The van der Waals surface area contributed by atoms with Crippen LogP contribution in [-0.2, 0) is 0 Å². The molecule has 4 nitrogen and oxygen atoms in total. The molecular formula is C15H15N3O. The molecule has 96 valence electrons. The maximum absolute atomic E-state index is 9.02. The first-order chi connectivity index (χ1) is 9.12. The lowest BCUT2D eigenvalue weighted by Crippen LogP contribution is -2.00. The van der Waals surface area contributed by atoms with E-state index in [0.717, 1.165) is 11.3 Å². The Balaban J connectivity index is 3.29. The standard InChI is InChI=1S/C15H15N3O/c1-18(2)9-8-15(13(10-16)11-17)12-4-6-14(19-3)7-5-12/h4-9H,1-3H3/b9-8+. The molecule has 0 heterocycles. The molecule has 0 aliphatic rings. The minimum Gasteiger partial charge on any atom is -0.497 e. The third-order valence-corrected chi connectivity index (χ3v) is 2.43. The zero-order chi connectivity index (χ0) is 14.3. The quantitative estimate of drug-likeness (QED) is 0.611. The number of hydrogen-bond acceptors (Lipinski definition) is 4. The summed E-state index contributed by atoms with van der Waals surface area (Å²) >= 11 is 0. The van der Waals surface area contributed by atoms with Gasteiger partial charge in [0.15, 0.2) is 0 Å². The molecular weight excluding hydrogens is 238 g/mol. The van der Waals surface area contributed by atoms with Crippen LogP contribution in [0.3, 0.4) is 0 Å². The van der Waals surface area contributed by atoms with Crippen molar-refractivity contribution < 1.29 is 4.74 Å². The van der Waals surface area contributed by atoms with Crippen LogP contribution < -0.4 is 4.74 Å². The number of nitrogens with zero attached hydrogens (tertiary/aromatic N) is 3. The fourth-order valence-corrected chi connectivity index (χ4v) is 1.46. The summed E-state index contributed by atoms with van der Waals surface area (Å²) in [5.74, 6) is 0.732. The number of allylic oxidation sites excluding steroid dienone is 3. The van der Waals surface area contributed by atoms with Crippen molar-refractivity contribution in [2.24, 2.45) is 0 Å². The van der Waals surface area contributed by atoms with Crippen LogP contribution in [0.25, 0.3) is 5.57 Å². The molecule has 1 aromatic rings. The van der Waals surface area contributed by atoms with Gasteiger partial charge < -0.3 is 9.64 Å². The van der Waals surface area contributed by atoms with Crippen molar-refractivity contribution in [3.8, 4) is 17.9 Å². The summed E-state index contributed by atoms with van der Waals surface area (Å²) in [6, 6.07) is 11.1. The highest BCUT2D eigenvalue weighted by atomic mass is 16.5. The highest BCUT2D eigenvalue weighted by Gasteiger charge is 2.06. The zero-order valence-electron chi connectivity index (χ0n) is 11.2. The van der Waals surface area contributed by atoms with Gasteiger partial charge >= 0.3 is 0 Å². The van der Waals surface area contributed by atoms with Crippen molar-refractivity contribution in [1.29, 1.82) is 10.5 Å². The molecule has 0 unspecified atom stereocenters. The van der Waals surface area contributed by atoms with Gasteiger partial charge in [0, 0.05) is 19.7 Å². The van der Waals surface area contributed by atoms with E-state index in [-0.39, 0.29) is 5.57 Å². The first-order valence-electron chi connectivity index (χ1n) is 5.66. The van der Waals surface area contributed by atoms with E-state index >= 15 is 0 Å². The van der Waals surface area contributed by atoms with Crippen molar-refractivity contribution in [3.63, 3.8) is 0 Å². The molecule has 1 rings (SSSR count). The van der Waals surface area contributed by atoms with Crippen molar-refractivity contribution in [2.45, 2.75) is 0 Å². The molecule has 0 atom stereocenters. The molecule has 0 saturated carbocycles. The van der Waals surface area contributed by atoms with Crippen molar-refractivity contribution in [2.75, 3.05) is 21.2 Å². The Morgan fingerprint density at radius 3 is 2.16 bits per heavy atom. The highest BCUT2D eigenvalue weighted by Crippen LogP contribution is 2.22. The van der Waals surface area contributed by atoms with Gasteiger partial charge in [-0.05, 0) is 30.0 Å². The maximum Gasteiger partial charge on any atom is 0.137 e. The molecule has 4 heteroatoms. The van der Waals surface area contributed by atoms with Crippen LogP contribution in [0.4, 0.5) is 0 Å². The van der Waals surface area contributed by atoms with E-state index in [0.29, 0.717) is 5.57 Å². The Hall–Kier alpha value is -2.72. The molecule has 0 bridgehead atoms. The Morgan fingerprint density at radius 2 is 1.74 bits per heavy atom. The Morgan fingerprint density at radius 1 is 1.16 bits per heavy atom. The minimum absolute atomic E-state index is 0.0864. The van der Waals surface area contributed by atoms with Crippen LogP contribution >= 0.6 is 0 Å². The van der Waals surface area contributed by atoms with Crippen LogP contribution in [0, 0.1) is 22.7 Å². The molecule has 0 aromatic heterocycles. The molecule has 0 aliphatic heterocycles. The van der Waals surface area contributed by atoms with Crippen LogP contribution in [0.15, 0.2) is 42.1 Å². The summed E-state index contributed by atoms with van der Waals surface area (Å²) in [7, 11) is 5.34. The average molecular weight is 253 g/mol. The lowest BCUT2D eigenvalue weighted by Gasteiger charge is -2.07. The molecule has 1 aromatic carbocycles. The second kappa shape index (κ2) is 6.88. The monoisotopic (exact) mass is 253 g/mol. The van der Waals surface area contributed by atoms with E-state index < -0.39 is 0 Å². The summed E-state index contributed by atoms with van der Waals surface area (Å²) < 4.78 is 5.09. The number of methoxy groups -OCH3 is 1.